The summed E-state index contributed by atoms with van der Waals surface area (Å²) in [6, 6.07) is 2.70. The first-order chi connectivity index (χ1) is 11.2. The molecule has 24 heavy (non-hydrogen) atoms. The van der Waals surface area contributed by atoms with E-state index < -0.39 is 0 Å². The van der Waals surface area contributed by atoms with Gasteiger partial charge in [-0.3, -0.25) is 9.89 Å². The average molecular weight is 466 g/mol. The fraction of sp³-hybridized carbons (Fsp3) is 0.706. The molecule has 0 bridgehead atoms. The first-order valence-corrected chi connectivity index (χ1v) is 9.54. The van der Waals surface area contributed by atoms with E-state index in [1.165, 1.54) is 5.56 Å². The molecule has 0 saturated carbocycles. The SMILES string of the molecule is CCNC(=NCC(C)CO)NC1CCN(Cc2ccsc2)CC1.I. The molecule has 1 aromatic heterocycles. The third-order valence-corrected chi connectivity index (χ3v) is 4.86. The minimum atomic E-state index is 0. The maximum Gasteiger partial charge on any atom is 0.191 e. The van der Waals surface area contributed by atoms with Gasteiger partial charge >= 0.3 is 0 Å². The lowest BCUT2D eigenvalue weighted by atomic mass is 10.0. The van der Waals surface area contributed by atoms with E-state index in [-0.39, 0.29) is 36.5 Å². The molecule has 1 atom stereocenters. The van der Waals surface area contributed by atoms with E-state index in [1.54, 1.807) is 11.3 Å². The Morgan fingerprint density at radius 3 is 2.79 bits per heavy atom. The largest absolute Gasteiger partial charge is 0.396 e. The minimum absolute atomic E-state index is 0. The van der Waals surface area contributed by atoms with Crippen LogP contribution in [0.4, 0.5) is 0 Å². The maximum absolute atomic E-state index is 9.12. The molecule has 5 nitrogen and oxygen atoms in total. The Bertz CT molecular complexity index is 461. The summed E-state index contributed by atoms with van der Waals surface area (Å²) < 4.78 is 0. The summed E-state index contributed by atoms with van der Waals surface area (Å²) in [7, 11) is 0. The molecular weight excluding hydrogens is 435 g/mol. The Balaban J connectivity index is 0.00000288. The molecule has 1 fully saturated rings. The second kappa shape index (κ2) is 12.1. The molecule has 1 aliphatic heterocycles. The summed E-state index contributed by atoms with van der Waals surface area (Å²) in [5.41, 5.74) is 1.43. The van der Waals surface area contributed by atoms with Crippen LogP contribution in [0.3, 0.4) is 0 Å². The number of aliphatic hydroxyl groups excluding tert-OH is 1. The number of aliphatic imine (C=N–C) groups is 1. The minimum Gasteiger partial charge on any atom is -0.396 e. The third-order valence-electron chi connectivity index (χ3n) is 4.13. The molecule has 7 heteroatoms. The number of nitrogens with zero attached hydrogens (tertiary/aromatic N) is 2. The fourth-order valence-electron chi connectivity index (χ4n) is 2.69. The van der Waals surface area contributed by atoms with E-state index in [9.17, 15) is 0 Å². The first kappa shape index (κ1) is 21.7. The van der Waals surface area contributed by atoms with Crippen LogP contribution in [0.5, 0.6) is 0 Å². The van der Waals surface area contributed by atoms with Gasteiger partial charge < -0.3 is 15.7 Å². The van der Waals surface area contributed by atoms with Crippen molar-refractivity contribution in [1.82, 2.24) is 15.5 Å². The van der Waals surface area contributed by atoms with Crippen LogP contribution in [0.25, 0.3) is 0 Å². The topological polar surface area (TPSA) is 59.9 Å². The van der Waals surface area contributed by atoms with Gasteiger partial charge in [0, 0.05) is 45.4 Å². The van der Waals surface area contributed by atoms with Crippen molar-refractivity contribution in [3.05, 3.63) is 22.4 Å². The van der Waals surface area contributed by atoms with E-state index in [0.29, 0.717) is 12.6 Å². The Hall–Kier alpha value is -0.380. The number of guanidine groups is 1. The van der Waals surface area contributed by atoms with Gasteiger partial charge in [0.15, 0.2) is 5.96 Å². The molecule has 0 aliphatic carbocycles. The number of thiophene rings is 1. The summed E-state index contributed by atoms with van der Waals surface area (Å²) in [6.07, 6.45) is 2.29. The van der Waals surface area contributed by atoms with Crippen LogP contribution in [0, 0.1) is 5.92 Å². The van der Waals surface area contributed by atoms with Crippen LogP contribution in [-0.4, -0.2) is 54.8 Å². The molecule has 0 spiro atoms. The lowest BCUT2D eigenvalue weighted by molar-refractivity contribution is 0.198. The van der Waals surface area contributed by atoms with Crippen molar-refractivity contribution in [3.8, 4) is 0 Å². The second-order valence-electron chi connectivity index (χ2n) is 6.33. The molecule has 1 saturated heterocycles. The monoisotopic (exact) mass is 466 g/mol. The normalized spacial score (nSPS) is 18.0. The smallest absolute Gasteiger partial charge is 0.191 e. The molecule has 0 aromatic carbocycles. The fourth-order valence-corrected chi connectivity index (χ4v) is 3.35. The summed E-state index contributed by atoms with van der Waals surface area (Å²) in [4.78, 5) is 7.11. The van der Waals surface area contributed by atoms with Crippen molar-refractivity contribution in [1.29, 1.82) is 0 Å². The molecule has 2 rings (SSSR count). The third kappa shape index (κ3) is 7.67. The van der Waals surface area contributed by atoms with Gasteiger partial charge in [-0.1, -0.05) is 6.92 Å². The predicted octanol–water partition coefficient (Wildman–Crippen LogP) is 2.51. The number of hydrogen-bond acceptors (Lipinski definition) is 4. The zero-order valence-electron chi connectivity index (χ0n) is 14.7. The zero-order valence-corrected chi connectivity index (χ0v) is 17.8. The van der Waals surface area contributed by atoms with Crippen molar-refractivity contribution in [2.75, 3.05) is 32.8 Å². The first-order valence-electron chi connectivity index (χ1n) is 8.60. The van der Waals surface area contributed by atoms with Gasteiger partial charge in [-0.05, 0) is 48.1 Å². The Kier molecular flexibility index (Phi) is 10.9. The highest BCUT2D eigenvalue weighted by Gasteiger charge is 2.20. The summed E-state index contributed by atoms with van der Waals surface area (Å²) >= 11 is 1.77. The molecule has 2 heterocycles. The predicted molar refractivity (Wildman–Crippen MR) is 113 cm³/mol. The van der Waals surface area contributed by atoms with Gasteiger partial charge in [0.1, 0.15) is 0 Å². The van der Waals surface area contributed by atoms with Crippen LogP contribution in [-0.2, 0) is 6.54 Å². The van der Waals surface area contributed by atoms with Crippen LogP contribution in [0.2, 0.25) is 0 Å². The van der Waals surface area contributed by atoms with Gasteiger partial charge in [0.25, 0.3) is 0 Å². The molecule has 138 valence electrons. The van der Waals surface area contributed by atoms with E-state index in [4.69, 9.17) is 5.11 Å². The molecule has 1 unspecified atom stereocenters. The van der Waals surface area contributed by atoms with Gasteiger partial charge in [0.2, 0.25) is 0 Å². The zero-order chi connectivity index (χ0) is 16.5. The van der Waals surface area contributed by atoms with Crippen LogP contribution in [0.1, 0.15) is 32.3 Å². The van der Waals surface area contributed by atoms with Gasteiger partial charge in [-0.25, -0.2) is 0 Å². The van der Waals surface area contributed by atoms with E-state index in [0.717, 1.165) is 45.0 Å². The number of piperidine rings is 1. The maximum atomic E-state index is 9.12. The number of nitrogens with one attached hydrogen (secondary N) is 2. The van der Waals surface area contributed by atoms with Gasteiger partial charge in [0.05, 0.1) is 0 Å². The number of likely N-dealkylation sites (tertiary alicyclic amines) is 1. The lowest BCUT2D eigenvalue weighted by Gasteiger charge is -2.33. The molecule has 3 N–H and O–H groups in total. The highest BCUT2D eigenvalue weighted by molar-refractivity contribution is 14.0. The van der Waals surface area contributed by atoms with Crippen molar-refractivity contribution in [2.45, 2.75) is 39.3 Å². The number of rotatable bonds is 7. The summed E-state index contributed by atoms with van der Waals surface area (Å²) in [5.74, 6) is 1.09. The highest BCUT2D eigenvalue weighted by atomic mass is 127. The van der Waals surface area contributed by atoms with Crippen LogP contribution < -0.4 is 10.6 Å². The highest BCUT2D eigenvalue weighted by Crippen LogP contribution is 2.15. The molecule has 1 aliphatic rings. The summed E-state index contributed by atoms with van der Waals surface area (Å²) in [5, 5.41) is 20.4. The van der Waals surface area contributed by atoms with Crippen molar-refractivity contribution in [3.63, 3.8) is 0 Å². The number of halogens is 1. The van der Waals surface area contributed by atoms with Gasteiger partial charge in [-0.15, -0.1) is 24.0 Å². The molecule has 0 radical (unpaired) electrons. The van der Waals surface area contributed by atoms with Crippen LogP contribution in [0.15, 0.2) is 21.8 Å². The molecular formula is C17H31IN4OS. The van der Waals surface area contributed by atoms with Crippen molar-refractivity contribution in [2.24, 2.45) is 10.9 Å². The van der Waals surface area contributed by atoms with Crippen LogP contribution >= 0.6 is 35.3 Å². The Labute approximate surface area is 167 Å². The van der Waals surface area contributed by atoms with E-state index in [2.05, 4.69) is 44.3 Å². The lowest BCUT2D eigenvalue weighted by Crippen LogP contribution is -2.48. The Morgan fingerprint density at radius 1 is 1.46 bits per heavy atom. The Morgan fingerprint density at radius 2 is 2.21 bits per heavy atom. The number of hydrogen-bond donors (Lipinski definition) is 3. The second-order valence-corrected chi connectivity index (χ2v) is 7.11. The molecule has 0 amide bonds. The number of aliphatic hydroxyl groups is 1. The summed E-state index contributed by atoms with van der Waals surface area (Å²) in [6.45, 7) is 9.10. The van der Waals surface area contributed by atoms with E-state index >= 15 is 0 Å². The van der Waals surface area contributed by atoms with E-state index in [1.807, 2.05) is 6.92 Å². The standard InChI is InChI=1S/C17H30N4OS.HI/c1-3-18-17(19-10-14(2)12-22)20-16-4-7-21(8-5-16)11-15-6-9-23-13-15;/h6,9,13-14,16,22H,3-5,7-8,10-12H2,1-2H3,(H2,18,19,20);1H. The van der Waals surface area contributed by atoms with Crippen molar-refractivity contribution < 1.29 is 5.11 Å². The average Bonchev–Trinajstić information content (AvgIpc) is 3.07. The quantitative estimate of drug-likeness (QED) is 0.329. The van der Waals surface area contributed by atoms with Gasteiger partial charge in [-0.2, -0.15) is 11.3 Å². The molecule has 1 aromatic rings. The van der Waals surface area contributed by atoms with Crippen molar-refractivity contribution >= 4 is 41.3 Å².